The van der Waals surface area contributed by atoms with Gasteiger partial charge in [-0.05, 0) is 51.3 Å². The van der Waals surface area contributed by atoms with Gasteiger partial charge in [-0.2, -0.15) is 0 Å². The van der Waals surface area contributed by atoms with Gasteiger partial charge in [0.05, 0.1) is 18.8 Å². The second kappa shape index (κ2) is 8.77. The lowest BCUT2D eigenvalue weighted by atomic mass is 10.0. The lowest BCUT2D eigenvalue weighted by Crippen LogP contribution is -2.45. The van der Waals surface area contributed by atoms with Gasteiger partial charge in [0.15, 0.2) is 5.96 Å². The molecule has 1 aliphatic heterocycles. The quantitative estimate of drug-likeness (QED) is 0.599. The molecule has 2 N–H and O–H groups in total. The molecule has 0 aliphatic carbocycles. The molecular formula is C18H29N3O2. The molecular weight excluding hydrogens is 290 g/mol. The Morgan fingerprint density at radius 3 is 2.91 bits per heavy atom. The molecule has 1 atom stereocenters. The monoisotopic (exact) mass is 319 g/mol. The van der Waals surface area contributed by atoms with Crippen LogP contribution in [0.25, 0.3) is 0 Å². The average Bonchev–Trinajstić information content (AvgIpc) is 2.98. The summed E-state index contributed by atoms with van der Waals surface area (Å²) >= 11 is 0. The fourth-order valence-corrected chi connectivity index (χ4v) is 2.66. The molecule has 23 heavy (non-hydrogen) atoms. The molecule has 2 rings (SSSR count). The number of rotatable bonds is 7. The summed E-state index contributed by atoms with van der Waals surface area (Å²) in [5.74, 6) is 1.72. The summed E-state index contributed by atoms with van der Waals surface area (Å²) in [6.07, 6.45) is 2.23. The summed E-state index contributed by atoms with van der Waals surface area (Å²) in [5.41, 5.74) is 1.06. The maximum Gasteiger partial charge on any atom is 0.191 e. The minimum atomic E-state index is -0.0783. The first-order chi connectivity index (χ1) is 11.1. The normalized spacial score (nSPS) is 21.3. The second-order valence-electron chi connectivity index (χ2n) is 6.03. The molecule has 5 heteroatoms. The molecule has 1 aliphatic rings. The minimum absolute atomic E-state index is 0.0783. The molecule has 1 aromatic carbocycles. The SMILES string of the molecule is CCNC(=NCc1cccc(OCC)c1)NCC1(C)CCCO1. The Labute approximate surface area is 139 Å². The van der Waals surface area contributed by atoms with Crippen LogP contribution in [0.1, 0.15) is 39.2 Å². The highest BCUT2D eigenvalue weighted by Gasteiger charge is 2.29. The average molecular weight is 319 g/mol. The molecule has 1 aromatic rings. The van der Waals surface area contributed by atoms with Gasteiger partial charge in [-0.15, -0.1) is 0 Å². The van der Waals surface area contributed by atoms with E-state index in [0.717, 1.165) is 49.8 Å². The van der Waals surface area contributed by atoms with Crippen LogP contribution in [0, 0.1) is 0 Å². The van der Waals surface area contributed by atoms with Gasteiger partial charge in [0, 0.05) is 19.7 Å². The van der Waals surface area contributed by atoms with Crippen LogP contribution < -0.4 is 15.4 Å². The molecule has 128 valence electrons. The van der Waals surface area contributed by atoms with E-state index in [1.54, 1.807) is 0 Å². The maximum absolute atomic E-state index is 5.81. The van der Waals surface area contributed by atoms with Gasteiger partial charge in [-0.25, -0.2) is 4.99 Å². The third kappa shape index (κ3) is 5.75. The summed E-state index contributed by atoms with van der Waals surface area (Å²) in [6.45, 7) is 9.98. The van der Waals surface area contributed by atoms with E-state index < -0.39 is 0 Å². The smallest absolute Gasteiger partial charge is 0.191 e. The van der Waals surface area contributed by atoms with Crippen molar-refractivity contribution in [2.75, 3.05) is 26.3 Å². The number of aliphatic imine (C=N–C) groups is 1. The standard InChI is InChI=1S/C18H29N3O2/c1-4-19-17(21-14-18(3)10-7-11-23-18)20-13-15-8-6-9-16(12-15)22-5-2/h6,8-9,12H,4-5,7,10-11,13-14H2,1-3H3,(H2,19,20,21). The Hall–Kier alpha value is -1.75. The van der Waals surface area contributed by atoms with Crippen molar-refractivity contribution in [1.82, 2.24) is 10.6 Å². The van der Waals surface area contributed by atoms with E-state index in [4.69, 9.17) is 9.47 Å². The third-order valence-electron chi connectivity index (χ3n) is 3.90. The molecule has 1 unspecified atom stereocenters. The number of ether oxygens (including phenoxy) is 2. The van der Waals surface area contributed by atoms with Crippen molar-refractivity contribution in [2.45, 2.75) is 45.8 Å². The zero-order valence-electron chi connectivity index (χ0n) is 14.5. The molecule has 1 saturated heterocycles. The highest BCUT2D eigenvalue weighted by Crippen LogP contribution is 2.23. The highest BCUT2D eigenvalue weighted by atomic mass is 16.5. The zero-order valence-corrected chi connectivity index (χ0v) is 14.5. The molecule has 0 spiro atoms. The van der Waals surface area contributed by atoms with Gasteiger partial charge < -0.3 is 20.1 Å². The van der Waals surface area contributed by atoms with Crippen LogP contribution >= 0.6 is 0 Å². The van der Waals surface area contributed by atoms with E-state index in [1.807, 2.05) is 25.1 Å². The topological polar surface area (TPSA) is 54.9 Å². The van der Waals surface area contributed by atoms with Crippen molar-refractivity contribution in [1.29, 1.82) is 0 Å². The van der Waals surface area contributed by atoms with Crippen molar-refractivity contribution in [3.8, 4) is 5.75 Å². The molecule has 0 radical (unpaired) electrons. The van der Waals surface area contributed by atoms with Crippen LogP contribution in [0.2, 0.25) is 0 Å². The Morgan fingerprint density at radius 1 is 1.35 bits per heavy atom. The molecule has 0 saturated carbocycles. The van der Waals surface area contributed by atoms with Crippen molar-refractivity contribution in [3.63, 3.8) is 0 Å². The Balaban J connectivity index is 1.93. The first-order valence-corrected chi connectivity index (χ1v) is 8.53. The van der Waals surface area contributed by atoms with Crippen LogP contribution in [0.4, 0.5) is 0 Å². The minimum Gasteiger partial charge on any atom is -0.494 e. The second-order valence-corrected chi connectivity index (χ2v) is 6.03. The van der Waals surface area contributed by atoms with Gasteiger partial charge in [0.25, 0.3) is 0 Å². The van der Waals surface area contributed by atoms with Crippen molar-refractivity contribution >= 4 is 5.96 Å². The van der Waals surface area contributed by atoms with Gasteiger partial charge >= 0.3 is 0 Å². The summed E-state index contributed by atoms with van der Waals surface area (Å²) in [7, 11) is 0. The van der Waals surface area contributed by atoms with E-state index >= 15 is 0 Å². The predicted molar refractivity (Wildman–Crippen MR) is 94.0 cm³/mol. The lowest BCUT2D eigenvalue weighted by Gasteiger charge is -2.24. The lowest BCUT2D eigenvalue weighted by molar-refractivity contribution is 0.0243. The summed E-state index contributed by atoms with van der Waals surface area (Å²) in [6, 6.07) is 8.08. The van der Waals surface area contributed by atoms with E-state index in [0.29, 0.717) is 13.2 Å². The largest absolute Gasteiger partial charge is 0.494 e. The maximum atomic E-state index is 5.81. The van der Waals surface area contributed by atoms with Crippen LogP contribution in [-0.2, 0) is 11.3 Å². The van der Waals surface area contributed by atoms with Gasteiger partial charge in [0.2, 0.25) is 0 Å². The Bertz CT molecular complexity index is 511. The first-order valence-electron chi connectivity index (χ1n) is 8.53. The molecule has 0 bridgehead atoms. The summed E-state index contributed by atoms with van der Waals surface area (Å²) in [4.78, 5) is 4.66. The number of benzene rings is 1. The number of nitrogens with one attached hydrogen (secondary N) is 2. The Morgan fingerprint density at radius 2 is 2.22 bits per heavy atom. The molecule has 1 fully saturated rings. The van der Waals surface area contributed by atoms with Crippen LogP contribution in [0.3, 0.4) is 0 Å². The Kier molecular flexibility index (Phi) is 6.71. The van der Waals surface area contributed by atoms with E-state index in [2.05, 4.69) is 35.5 Å². The summed E-state index contributed by atoms with van der Waals surface area (Å²) in [5, 5.41) is 6.68. The number of hydrogen-bond acceptors (Lipinski definition) is 3. The van der Waals surface area contributed by atoms with Crippen molar-refractivity contribution < 1.29 is 9.47 Å². The number of guanidine groups is 1. The van der Waals surface area contributed by atoms with Crippen LogP contribution in [-0.4, -0.2) is 37.9 Å². The zero-order chi connectivity index (χ0) is 16.5. The van der Waals surface area contributed by atoms with Crippen molar-refractivity contribution in [3.05, 3.63) is 29.8 Å². The molecule has 5 nitrogen and oxygen atoms in total. The van der Waals surface area contributed by atoms with Gasteiger partial charge in [-0.1, -0.05) is 12.1 Å². The molecule has 1 heterocycles. The predicted octanol–water partition coefficient (Wildman–Crippen LogP) is 2.71. The summed E-state index contributed by atoms with van der Waals surface area (Å²) < 4.78 is 11.3. The third-order valence-corrected chi connectivity index (χ3v) is 3.90. The highest BCUT2D eigenvalue weighted by molar-refractivity contribution is 5.79. The van der Waals surface area contributed by atoms with Crippen LogP contribution in [0.15, 0.2) is 29.3 Å². The number of hydrogen-bond donors (Lipinski definition) is 2. The van der Waals surface area contributed by atoms with Crippen molar-refractivity contribution in [2.24, 2.45) is 4.99 Å². The first kappa shape index (κ1) is 17.6. The van der Waals surface area contributed by atoms with Gasteiger partial charge in [-0.3, -0.25) is 0 Å². The fourth-order valence-electron chi connectivity index (χ4n) is 2.66. The molecule has 0 aromatic heterocycles. The van der Waals surface area contributed by atoms with E-state index in [9.17, 15) is 0 Å². The van der Waals surface area contributed by atoms with E-state index in [1.165, 1.54) is 0 Å². The van der Waals surface area contributed by atoms with Gasteiger partial charge in [0.1, 0.15) is 5.75 Å². The van der Waals surface area contributed by atoms with E-state index in [-0.39, 0.29) is 5.60 Å². The fraction of sp³-hybridized carbons (Fsp3) is 0.611. The number of nitrogens with zero attached hydrogens (tertiary/aromatic N) is 1. The molecule has 0 amide bonds. The van der Waals surface area contributed by atoms with Crippen LogP contribution in [0.5, 0.6) is 5.75 Å².